The maximum Gasteiger partial charge on any atom is 0.0439 e. The van der Waals surface area contributed by atoms with E-state index in [1.54, 1.807) is 12.3 Å². The third-order valence-electron chi connectivity index (χ3n) is 2.87. The summed E-state index contributed by atoms with van der Waals surface area (Å²) in [6, 6.07) is 9.69. The van der Waals surface area contributed by atoms with E-state index in [-0.39, 0.29) is 6.04 Å². The van der Waals surface area contributed by atoms with Gasteiger partial charge in [-0.25, -0.2) is 0 Å². The van der Waals surface area contributed by atoms with Crippen molar-refractivity contribution in [3.8, 4) is 0 Å². The molecule has 2 aromatic rings. The largest absolute Gasteiger partial charge is 0.313 e. The molecule has 0 aliphatic heterocycles. The Labute approximate surface area is 117 Å². The Morgan fingerprint density at radius 3 is 2.78 bits per heavy atom. The van der Waals surface area contributed by atoms with Crippen molar-refractivity contribution in [2.45, 2.75) is 12.5 Å². The predicted octanol–water partition coefficient (Wildman–Crippen LogP) is 3.89. The highest BCUT2D eigenvalue weighted by Crippen LogP contribution is 2.25. The maximum atomic E-state index is 6.18. The highest BCUT2D eigenvalue weighted by Gasteiger charge is 2.12. The molecule has 2 nitrogen and oxygen atoms in total. The second-order valence-electron chi connectivity index (χ2n) is 4.07. The Balaban J connectivity index is 2.23. The number of pyridine rings is 1. The highest BCUT2D eigenvalue weighted by atomic mass is 35.5. The molecule has 1 N–H and O–H groups in total. The van der Waals surface area contributed by atoms with Crippen LogP contribution < -0.4 is 5.32 Å². The van der Waals surface area contributed by atoms with Gasteiger partial charge in [-0.2, -0.15) is 0 Å². The van der Waals surface area contributed by atoms with Crippen molar-refractivity contribution in [1.82, 2.24) is 10.3 Å². The number of likely N-dealkylation sites (N-methyl/N-ethyl adjacent to an activating group) is 1. The van der Waals surface area contributed by atoms with Gasteiger partial charge in [0.25, 0.3) is 0 Å². The van der Waals surface area contributed by atoms with Gasteiger partial charge in [-0.05, 0) is 48.9 Å². The summed E-state index contributed by atoms with van der Waals surface area (Å²) in [5.41, 5.74) is 2.17. The van der Waals surface area contributed by atoms with Gasteiger partial charge in [0.05, 0.1) is 0 Å². The average molecular weight is 281 g/mol. The van der Waals surface area contributed by atoms with E-state index >= 15 is 0 Å². The second kappa shape index (κ2) is 6.19. The predicted molar refractivity (Wildman–Crippen MR) is 76.2 cm³/mol. The van der Waals surface area contributed by atoms with E-state index in [1.165, 1.54) is 0 Å². The molecule has 1 aromatic carbocycles. The van der Waals surface area contributed by atoms with Crippen molar-refractivity contribution in [3.63, 3.8) is 0 Å². The number of nitrogens with zero attached hydrogens (tertiary/aromatic N) is 1. The molecule has 0 aliphatic carbocycles. The molecule has 0 aliphatic rings. The van der Waals surface area contributed by atoms with E-state index in [0.29, 0.717) is 5.02 Å². The van der Waals surface area contributed by atoms with Crippen LogP contribution in [0.15, 0.2) is 42.7 Å². The molecule has 4 heteroatoms. The molecule has 0 saturated carbocycles. The van der Waals surface area contributed by atoms with Crippen LogP contribution in [-0.4, -0.2) is 12.0 Å². The summed E-state index contributed by atoms with van der Waals surface area (Å²) < 4.78 is 0. The normalized spacial score (nSPS) is 12.4. The minimum Gasteiger partial charge on any atom is -0.313 e. The Morgan fingerprint density at radius 2 is 2.11 bits per heavy atom. The first-order valence-corrected chi connectivity index (χ1v) is 6.47. The summed E-state index contributed by atoms with van der Waals surface area (Å²) in [5.74, 6) is 0. The fourth-order valence-corrected chi connectivity index (χ4v) is 2.28. The molecule has 0 bridgehead atoms. The molecule has 1 aromatic heterocycles. The zero-order valence-electron chi connectivity index (χ0n) is 10.0. The zero-order chi connectivity index (χ0) is 13.0. The van der Waals surface area contributed by atoms with Gasteiger partial charge in [0, 0.05) is 28.5 Å². The van der Waals surface area contributed by atoms with Gasteiger partial charge in [0.15, 0.2) is 0 Å². The molecule has 0 fully saturated rings. The first-order chi connectivity index (χ1) is 8.70. The summed E-state index contributed by atoms with van der Waals surface area (Å²) >= 11 is 12.2. The average Bonchev–Trinajstić information content (AvgIpc) is 2.41. The molecule has 2 rings (SSSR count). The number of benzene rings is 1. The first kappa shape index (κ1) is 13.3. The van der Waals surface area contributed by atoms with Crippen molar-refractivity contribution in [3.05, 3.63) is 63.9 Å². The standard InChI is InChI=1S/C14H14Cl2N2/c1-17-14(10-3-2-6-18-9-10)8-11-7-12(15)4-5-13(11)16/h2-7,9,14,17H,8H2,1H3. The van der Waals surface area contributed by atoms with E-state index in [1.807, 2.05) is 37.5 Å². The Bertz CT molecular complexity index is 514. The van der Waals surface area contributed by atoms with Gasteiger partial charge in [-0.1, -0.05) is 29.3 Å². The summed E-state index contributed by atoms with van der Waals surface area (Å²) in [7, 11) is 1.93. The Morgan fingerprint density at radius 1 is 1.28 bits per heavy atom. The Hall–Kier alpha value is -1.09. The molecule has 1 unspecified atom stereocenters. The van der Waals surface area contributed by atoms with Crippen LogP contribution in [0.5, 0.6) is 0 Å². The molecule has 18 heavy (non-hydrogen) atoms. The molecule has 94 valence electrons. The van der Waals surface area contributed by atoms with Crippen LogP contribution >= 0.6 is 23.2 Å². The third-order valence-corrected chi connectivity index (χ3v) is 3.47. The fourth-order valence-electron chi connectivity index (χ4n) is 1.89. The van der Waals surface area contributed by atoms with Crippen LogP contribution in [-0.2, 0) is 6.42 Å². The van der Waals surface area contributed by atoms with Crippen LogP contribution in [0, 0.1) is 0 Å². The summed E-state index contributed by atoms with van der Waals surface area (Å²) in [5, 5.41) is 4.72. The molecular formula is C14H14Cl2N2. The lowest BCUT2D eigenvalue weighted by atomic mass is 10.0. The molecule has 0 spiro atoms. The molecule has 0 saturated heterocycles. The minimum absolute atomic E-state index is 0.176. The number of hydrogen-bond acceptors (Lipinski definition) is 2. The second-order valence-corrected chi connectivity index (χ2v) is 4.91. The SMILES string of the molecule is CNC(Cc1cc(Cl)ccc1Cl)c1cccnc1. The van der Waals surface area contributed by atoms with Crippen LogP contribution in [0.25, 0.3) is 0 Å². The van der Waals surface area contributed by atoms with E-state index in [9.17, 15) is 0 Å². The number of halogens is 2. The highest BCUT2D eigenvalue weighted by molar-refractivity contribution is 6.33. The van der Waals surface area contributed by atoms with Gasteiger partial charge in [-0.15, -0.1) is 0 Å². The molecule has 0 amide bonds. The summed E-state index contributed by atoms with van der Waals surface area (Å²) in [6.07, 6.45) is 4.41. The van der Waals surface area contributed by atoms with Gasteiger partial charge < -0.3 is 5.32 Å². The third kappa shape index (κ3) is 3.22. The lowest BCUT2D eigenvalue weighted by Gasteiger charge is -2.17. The van der Waals surface area contributed by atoms with Crippen LogP contribution in [0.4, 0.5) is 0 Å². The topological polar surface area (TPSA) is 24.9 Å². The Kier molecular flexibility index (Phi) is 4.59. The van der Waals surface area contributed by atoms with Gasteiger partial charge in [0.1, 0.15) is 0 Å². The van der Waals surface area contributed by atoms with Crippen molar-refractivity contribution in [2.24, 2.45) is 0 Å². The van der Waals surface area contributed by atoms with Gasteiger partial charge >= 0.3 is 0 Å². The van der Waals surface area contributed by atoms with Gasteiger partial charge in [-0.3, -0.25) is 4.98 Å². The molecule has 1 atom stereocenters. The fraction of sp³-hybridized carbons (Fsp3) is 0.214. The van der Waals surface area contributed by atoms with E-state index < -0.39 is 0 Å². The number of aromatic nitrogens is 1. The van der Waals surface area contributed by atoms with Crippen molar-refractivity contribution >= 4 is 23.2 Å². The molecule has 0 radical (unpaired) electrons. The van der Waals surface area contributed by atoms with Crippen LogP contribution in [0.3, 0.4) is 0 Å². The van der Waals surface area contributed by atoms with E-state index in [2.05, 4.69) is 10.3 Å². The number of nitrogens with one attached hydrogen (secondary N) is 1. The van der Waals surface area contributed by atoms with Crippen LogP contribution in [0.2, 0.25) is 10.0 Å². The molecule has 1 heterocycles. The lowest BCUT2D eigenvalue weighted by molar-refractivity contribution is 0.590. The summed E-state index contributed by atoms with van der Waals surface area (Å²) in [6.45, 7) is 0. The van der Waals surface area contributed by atoms with E-state index in [4.69, 9.17) is 23.2 Å². The van der Waals surface area contributed by atoms with Gasteiger partial charge in [0.2, 0.25) is 0 Å². The quantitative estimate of drug-likeness (QED) is 0.919. The smallest absolute Gasteiger partial charge is 0.0439 e. The van der Waals surface area contributed by atoms with Crippen molar-refractivity contribution < 1.29 is 0 Å². The molecular weight excluding hydrogens is 267 g/mol. The van der Waals surface area contributed by atoms with Crippen molar-refractivity contribution in [1.29, 1.82) is 0 Å². The number of hydrogen-bond donors (Lipinski definition) is 1. The number of rotatable bonds is 4. The van der Waals surface area contributed by atoms with Crippen molar-refractivity contribution in [2.75, 3.05) is 7.05 Å². The monoisotopic (exact) mass is 280 g/mol. The van der Waals surface area contributed by atoms with Crippen LogP contribution in [0.1, 0.15) is 17.2 Å². The summed E-state index contributed by atoms with van der Waals surface area (Å²) in [4.78, 5) is 4.14. The maximum absolute atomic E-state index is 6.18. The zero-order valence-corrected chi connectivity index (χ0v) is 11.5. The minimum atomic E-state index is 0.176. The van der Waals surface area contributed by atoms with E-state index in [0.717, 1.165) is 22.6 Å². The first-order valence-electron chi connectivity index (χ1n) is 5.72. The lowest BCUT2D eigenvalue weighted by Crippen LogP contribution is -2.19.